The van der Waals surface area contributed by atoms with Crippen molar-refractivity contribution in [2.45, 2.75) is 66.3 Å². The molecule has 0 spiro atoms. The first-order valence-electron chi connectivity index (χ1n) is 7.82. The molecule has 3 heteroatoms. The van der Waals surface area contributed by atoms with Crippen LogP contribution < -0.4 is 0 Å². The molecule has 0 N–H and O–H groups in total. The molecule has 3 atom stereocenters. The van der Waals surface area contributed by atoms with E-state index in [0.29, 0.717) is 11.5 Å². The maximum atomic E-state index is 4.43. The third-order valence-corrected chi connectivity index (χ3v) is 5.12. The minimum Gasteiger partial charge on any atom is -0.247 e. The highest BCUT2D eigenvalue weighted by atomic mass is 15.4. The fraction of sp³-hybridized carbons (Fsp3) is 0.875. The number of aromatic nitrogens is 3. The van der Waals surface area contributed by atoms with Crippen molar-refractivity contribution in [3.8, 4) is 0 Å². The van der Waals surface area contributed by atoms with Gasteiger partial charge in [0.05, 0.1) is 11.4 Å². The summed E-state index contributed by atoms with van der Waals surface area (Å²) in [5, 5.41) is 8.79. The molecule has 3 nitrogen and oxygen atoms in total. The van der Waals surface area contributed by atoms with Crippen molar-refractivity contribution >= 4 is 0 Å². The highest BCUT2D eigenvalue weighted by Crippen LogP contribution is 2.60. The average Bonchev–Trinajstić information content (AvgIpc) is 2.82. The standard InChI is InChI=1S/C16H27N3/c1-10(2)19-14-9-7-12-11(15(12)16(3,4)5)6-8-13(14)17-18-19/h10-12,15H,6-9H2,1-5H3. The molecule has 0 aromatic carbocycles. The second-order valence-electron chi connectivity index (χ2n) is 7.82. The summed E-state index contributed by atoms with van der Waals surface area (Å²) in [7, 11) is 0. The van der Waals surface area contributed by atoms with Gasteiger partial charge in [-0.25, -0.2) is 4.68 Å². The van der Waals surface area contributed by atoms with Crippen LogP contribution in [0.4, 0.5) is 0 Å². The number of rotatable bonds is 1. The molecule has 0 aliphatic heterocycles. The van der Waals surface area contributed by atoms with E-state index in [2.05, 4.69) is 49.6 Å². The Bertz CT molecular complexity index is 467. The van der Waals surface area contributed by atoms with Gasteiger partial charge in [0.1, 0.15) is 0 Å². The predicted molar refractivity (Wildman–Crippen MR) is 77.0 cm³/mol. The van der Waals surface area contributed by atoms with Gasteiger partial charge in [-0.3, -0.25) is 0 Å². The van der Waals surface area contributed by atoms with E-state index >= 15 is 0 Å². The smallest absolute Gasteiger partial charge is 0.0859 e. The van der Waals surface area contributed by atoms with Crippen molar-refractivity contribution in [1.82, 2.24) is 15.0 Å². The van der Waals surface area contributed by atoms with Crippen LogP contribution in [0.2, 0.25) is 0 Å². The quantitative estimate of drug-likeness (QED) is 0.772. The molecule has 0 bridgehead atoms. The monoisotopic (exact) mass is 261 g/mol. The molecule has 3 unspecified atom stereocenters. The number of hydrogen-bond acceptors (Lipinski definition) is 2. The van der Waals surface area contributed by atoms with Crippen molar-refractivity contribution < 1.29 is 0 Å². The molecular weight excluding hydrogens is 234 g/mol. The van der Waals surface area contributed by atoms with Crippen LogP contribution in [-0.2, 0) is 12.8 Å². The summed E-state index contributed by atoms with van der Waals surface area (Å²) in [6.07, 6.45) is 4.96. The Morgan fingerprint density at radius 1 is 1.11 bits per heavy atom. The summed E-state index contributed by atoms with van der Waals surface area (Å²) in [6.45, 7) is 11.6. The summed E-state index contributed by atoms with van der Waals surface area (Å²) in [4.78, 5) is 0. The Hall–Kier alpha value is -0.860. The SMILES string of the molecule is CC(C)n1nnc2c1CCC1C(CC2)C1C(C)(C)C. The topological polar surface area (TPSA) is 30.7 Å². The fourth-order valence-corrected chi connectivity index (χ4v) is 4.34. The Morgan fingerprint density at radius 3 is 2.32 bits per heavy atom. The number of aryl methyl sites for hydroxylation is 1. The second kappa shape index (κ2) is 4.32. The van der Waals surface area contributed by atoms with Gasteiger partial charge in [-0.2, -0.15) is 0 Å². The van der Waals surface area contributed by atoms with Crippen molar-refractivity contribution in [2.24, 2.45) is 23.2 Å². The van der Waals surface area contributed by atoms with Crippen molar-refractivity contribution in [2.75, 3.05) is 0 Å². The van der Waals surface area contributed by atoms with Gasteiger partial charge in [0.25, 0.3) is 0 Å². The van der Waals surface area contributed by atoms with E-state index in [0.717, 1.165) is 24.2 Å². The highest BCUT2D eigenvalue weighted by Gasteiger charge is 2.54. The van der Waals surface area contributed by atoms with E-state index in [1.54, 1.807) is 0 Å². The third kappa shape index (κ3) is 2.21. The van der Waals surface area contributed by atoms with Crippen LogP contribution >= 0.6 is 0 Å². The molecule has 2 aliphatic carbocycles. The van der Waals surface area contributed by atoms with Gasteiger partial charge >= 0.3 is 0 Å². The average molecular weight is 261 g/mol. The molecule has 0 saturated heterocycles. The largest absolute Gasteiger partial charge is 0.247 e. The number of nitrogens with zero attached hydrogens (tertiary/aromatic N) is 3. The minimum atomic E-state index is 0.434. The maximum absolute atomic E-state index is 4.43. The molecule has 1 saturated carbocycles. The fourth-order valence-electron chi connectivity index (χ4n) is 4.34. The zero-order chi connectivity index (χ0) is 13.8. The molecule has 106 valence electrons. The van der Waals surface area contributed by atoms with E-state index in [9.17, 15) is 0 Å². The lowest BCUT2D eigenvalue weighted by Crippen LogP contribution is -2.11. The van der Waals surface area contributed by atoms with Crippen LogP contribution in [0.25, 0.3) is 0 Å². The predicted octanol–water partition coefficient (Wildman–Crippen LogP) is 3.65. The zero-order valence-corrected chi connectivity index (χ0v) is 13.0. The van der Waals surface area contributed by atoms with E-state index in [1.165, 1.54) is 30.7 Å². The van der Waals surface area contributed by atoms with E-state index in [1.807, 2.05) is 0 Å². The van der Waals surface area contributed by atoms with Crippen LogP contribution in [-0.4, -0.2) is 15.0 Å². The van der Waals surface area contributed by atoms with Gasteiger partial charge in [-0.15, -0.1) is 5.10 Å². The first-order valence-corrected chi connectivity index (χ1v) is 7.82. The normalized spacial score (nSPS) is 30.5. The van der Waals surface area contributed by atoms with Gasteiger partial charge in [-0.1, -0.05) is 26.0 Å². The molecular formula is C16H27N3. The first-order chi connectivity index (χ1) is 8.89. The van der Waals surface area contributed by atoms with Crippen LogP contribution in [0, 0.1) is 23.2 Å². The zero-order valence-electron chi connectivity index (χ0n) is 13.0. The second-order valence-corrected chi connectivity index (χ2v) is 7.82. The molecule has 1 heterocycles. The Labute approximate surface area is 116 Å². The number of fused-ring (bicyclic) bond motifs is 2. The highest BCUT2D eigenvalue weighted by molar-refractivity contribution is 5.16. The molecule has 2 aliphatic rings. The van der Waals surface area contributed by atoms with Crippen molar-refractivity contribution in [1.29, 1.82) is 0 Å². The molecule has 0 amide bonds. The summed E-state index contributed by atoms with van der Waals surface area (Å²) in [5.41, 5.74) is 3.16. The maximum Gasteiger partial charge on any atom is 0.0859 e. The molecule has 1 fully saturated rings. The van der Waals surface area contributed by atoms with Crippen LogP contribution in [0.5, 0.6) is 0 Å². The molecule has 1 aromatic rings. The van der Waals surface area contributed by atoms with Gasteiger partial charge in [0, 0.05) is 6.04 Å². The van der Waals surface area contributed by atoms with Crippen LogP contribution in [0.3, 0.4) is 0 Å². The molecule has 19 heavy (non-hydrogen) atoms. The summed E-state index contributed by atoms with van der Waals surface area (Å²) in [5.74, 6) is 2.82. The summed E-state index contributed by atoms with van der Waals surface area (Å²) >= 11 is 0. The molecule has 1 aromatic heterocycles. The molecule has 3 rings (SSSR count). The van der Waals surface area contributed by atoms with Gasteiger partial charge in [0.15, 0.2) is 0 Å². The Kier molecular flexibility index (Phi) is 2.99. The minimum absolute atomic E-state index is 0.434. The lowest BCUT2D eigenvalue weighted by molar-refractivity contribution is 0.312. The Balaban J connectivity index is 1.79. The van der Waals surface area contributed by atoms with Crippen molar-refractivity contribution in [3.63, 3.8) is 0 Å². The van der Waals surface area contributed by atoms with Gasteiger partial charge in [-0.05, 0) is 62.7 Å². The summed E-state index contributed by atoms with van der Waals surface area (Å²) < 4.78 is 2.14. The summed E-state index contributed by atoms with van der Waals surface area (Å²) in [6, 6.07) is 0.434. The van der Waals surface area contributed by atoms with Gasteiger partial charge < -0.3 is 0 Å². The lowest BCUT2D eigenvalue weighted by Gasteiger charge is -2.18. The number of hydrogen-bond donors (Lipinski definition) is 0. The van der Waals surface area contributed by atoms with Crippen LogP contribution in [0.15, 0.2) is 0 Å². The van der Waals surface area contributed by atoms with Crippen LogP contribution in [0.1, 0.15) is 64.9 Å². The van der Waals surface area contributed by atoms with E-state index < -0.39 is 0 Å². The van der Waals surface area contributed by atoms with E-state index in [-0.39, 0.29) is 0 Å². The van der Waals surface area contributed by atoms with Crippen molar-refractivity contribution in [3.05, 3.63) is 11.4 Å². The Morgan fingerprint density at radius 2 is 1.74 bits per heavy atom. The van der Waals surface area contributed by atoms with Gasteiger partial charge in [0.2, 0.25) is 0 Å². The third-order valence-electron chi connectivity index (χ3n) is 5.12. The molecule has 0 radical (unpaired) electrons. The first kappa shape index (κ1) is 13.1. The van der Waals surface area contributed by atoms with E-state index in [4.69, 9.17) is 0 Å². The lowest BCUT2D eigenvalue weighted by atomic mass is 9.87.